The Morgan fingerprint density at radius 2 is 1.58 bits per heavy atom. The first-order valence-electron chi connectivity index (χ1n) is 11.5. The van der Waals surface area contributed by atoms with E-state index in [2.05, 4.69) is 48.5 Å². The molecule has 142 valence electrons. The van der Waals surface area contributed by atoms with Crippen LogP contribution in [-0.4, -0.2) is 0 Å². The van der Waals surface area contributed by atoms with Crippen LogP contribution in [0.3, 0.4) is 0 Å². The lowest BCUT2D eigenvalue weighted by Gasteiger charge is -2.48. The van der Waals surface area contributed by atoms with E-state index in [1.54, 1.807) is 12.8 Å². The highest BCUT2D eigenvalue weighted by molar-refractivity contribution is 4.96. The zero-order chi connectivity index (χ0) is 17.9. The van der Waals surface area contributed by atoms with Gasteiger partial charge in [0.15, 0.2) is 0 Å². The van der Waals surface area contributed by atoms with Crippen LogP contribution in [-0.2, 0) is 0 Å². The quantitative estimate of drug-likeness (QED) is 0.424. The normalized spacial score (nSPS) is 38.4. The standard InChI is InChI=1S/C24H46/c1-8-12-20-15-24(19(7)22-13-11-14-23(20)22)18(6)21(10-3)17(5)16(4)9-2/h16-24H,8-15H2,1-7H3/t16?,17?,18?,19?,20-,21?,22?,23?,24?/m1/s1. The molecule has 8 unspecified atom stereocenters. The van der Waals surface area contributed by atoms with Crippen LogP contribution >= 0.6 is 0 Å². The maximum atomic E-state index is 2.63. The van der Waals surface area contributed by atoms with Gasteiger partial charge in [-0.2, -0.15) is 0 Å². The summed E-state index contributed by atoms with van der Waals surface area (Å²) in [5, 5.41) is 0. The molecule has 0 aliphatic heterocycles. The molecule has 0 saturated heterocycles. The van der Waals surface area contributed by atoms with Gasteiger partial charge in [-0.25, -0.2) is 0 Å². The highest BCUT2D eigenvalue weighted by Gasteiger charge is 2.46. The fraction of sp³-hybridized carbons (Fsp3) is 1.00. The first-order valence-corrected chi connectivity index (χ1v) is 11.5. The van der Waals surface area contributed by atoms with E-state index in [-0.39, 0.29) is 0 Å². The molecule has 2 rings (SSSR count). The predicted molar refractivity (Wildman–Crippen MR) is 108 cm³/mol. The van der Waals surface area contributed by atoms with Crippen LogP contribution in [0.2, 0.25) is 0 Å². The van der Waals surface area contributed by atoms with E-state index in [4.69, 9.17) is 0 Å². The summed E-state index contributed by atoms with van der Waals surface area (Å²) in [5.74, 6) is 8.73. The van der Waals surface area contributed by atoms with Gasteiger partial charge < -0.3 is 0 Å². The van der Waals surface area contributed by atoms with Gasteiger partial charge in [0.2, 0.25) is 0 Å². The van der Waals surface area contributed by atoms with E-state index in [1.807, 2.05) is 0 Å². The van der Waals surface area contributed by atoms with Crippen molar-refractivity contribution >= 4 is 0 Å². The molecule has 0 bridgehead atoms. The molecule has 0 radical (unpaired) electrons. The number of hydrogen-bond acceptors (Lipinski definition) is 0. The molecule has 2 aliphatic rings. The number of rotatable bonds is 8. The first-order chi connectivity index (χ1) is 11.5. The largest absolute Gasteiger partial charge is 0.0654 e. The van der Waals surface area contributed by atoms with Crippen molar-refractivity contribution in [2.75, 3.05) is 0 Å². The minimum atomic E-state index is 0.877. The van der Waals surface area contributed by atoms with Gasteiger partial charge in [-0.15, -0.1) is 0 Å². The molecule has 0 heteroatoms. The minimum absolute atomic E-state index is 0.877. The lowest BCUT2D eigenvalue weighted by molar-refractivity contribution is 0.00314. The molecule has 0 nitrogen and oxygen atoms in total. The van der Waals surface area contributed by atoms with Crippen molar-refractivity contribution in [2.24, 2.45) is 53.3 Å². The average Bonchev–Trinajstić information content (AvgIpc) is 3.07. The molecule has 0 aromatic carbocycles. The second-order valence-electron chi connectivity index (χ2n) is 9.74. The molecule has 2 saturated carbocycles. The Bertz CT molecular complexity index is 359. The Labute approximate surface area is 153 Å². The van der Waals surface area contributed by atoms with Gasteiger partial charge in [-0.1, -0.05) is 80.6 Å². The third kappa shape index (κ3) is 4.04. The third-order valence-electron chi connectivity index (χ3n) is 8.85. The Balaban J connectivity index is 2.15. The van der Waals surface area contributed by atoms with Crippen LogP contribution in [0.5, 0.6) is 0 Å². The molecule has 0 aromatic heterocycles. The Hall–Kier alpha value is 0. The van der Waals surface area contributed by atoms with Crippen molar-refractivity contribution in [1.29, 1.82) is 0 Å². The van der Waals surface area contributed by atoms with Crippen molar-refractivity contribution in [1.82, 2.24) is 0 Å². The molecule has 0 amide bonds. The molecule has 0 N–H and O–H groups in total. The first kappa shape index (κ1) is 20.3. The maximum Gasteiger partial charge on any atom is -0.0354 e. The molecular weight excluding hydrogens is 288 g/mol. The zero-order valence-corrected chi connectivity index (χ0v) is 17.9. The topological polar surface area (TPSA) is 0 Å². The van der Waals surface area contributed by atoms with Crippen LogP contribution in [0.15, 0.2) is 0 Å². The van der Waals surface area contributed by atoms with Gasteiger partial charge in [0.1, 0.15) is 0 Å². The van der Waals surface area contributed by atoms with Crippen molar-refractivity contribution in [3.05, 3.63) is 0 Å². The van der Waals surface area contributed by atoms with Gasteiger partial charge in [0, 0.05) is 0 Å². The summed E-state index contributed by atoms with van der Waals surface area (Å²) in [6.45, 7) is 17.5. The molecular formula is C24H46. The van der Waals surface area contributed by atoms with Crippen LogP contribution in [0.4, 0.5) is 0 Å². The molecule has 0 aromatic rings. The number of fused-ring (bicyclic) bond motifs is 1. The van der Waals surface area contributed by atoms with Gasteiger partial charge in [-0.05, 0) is 72.5 Å². The van der Waals surface area contributed by atoms with Gasteiger partial charge in [-0.3, -0.25) is 0 Å². The fourth-order valence-corrected chi connectivity index (χ4v) is 7.04. The molecule has 9 atom stereocenters. The van der Waals surface area contributed by atoms with E-state index in [1.165, 1.54) is 38.5 Å². The molecule has 0 spiro atoms. The van der Waals surface area contributed by atoms with Crippen molar-refractivity contribution in [3.8, 4) is 0 Å². The van der Waals surface area contributed by atoms with Gasteiger partial charge >= 0.3 is 0 Å². The highest BCUT2D eigenvalue weighted by Crippen LogP contribution is 2.55. The summed E-state index contributed by atoms with van der Waals surface area (Å²) in [4.78, 5) is 0. The summed E-state index contributed by atoms with van der Waals surface area (Å²) < 4.78 is 0. The van der Waals surface area contributed by atoms with Crippen molar-refractivity contribution in [2.45, 2.75) is 99.8 Å². The van der Waals surface area contributed by atoms with Crippen LogP contribution < -0.4 is 0 Å². The second-order valence-corrected chi connectivity index (χ2v) is 9.74. The highest BCUT2D eigenvalue weighted by atomic mass is 14.5. The molecule has 2 fully saturated rings. The zero-order valence-electron chi connectivity index (χ0n) is 17.9. The predicted octanol–water partition coefficient (Wildman–Crippen LogP) is 7.82. The molecule has 2 aliphatic carbocycles. The Morgan fingerprint density at radius 3 is 2.17 bits per heavy atom. The Kier molecular flexibility index (Phi) is 7.69. The van der Waals surface area contributed by atoms with E-state index in [0.717, 1.165) is 53.3 Å². The van der Waals surface area contributed by atoms with E-state index >= 15 is 0 Å². The minimum Gasteiger partial charge on any atom is -0.0654 e. The van der Waals surface area contributed by atoms with Crippen LogP contribution in [0.1, 0.15) is 99.8 Å². The summed E-state index contributed by atoms with van der Waals surface area (Å²) >= 11 is 0. The van der Waals surface area contributed by atoms with E-state index in [9.17, 15) is 0 Å². The van der Waals surface area contributed by atoms with Crippen molar-refractivity contribution < 1.29 is 0 Å². The SMILES string of the molecule is CCC[C@@H]1CC(C(C)C(CC)C(C)C(C)CC)C(C)C2CCCC21. The summed E-state index contributed by atoms with van der Waals surface area (Å²) in [5.41, 5.74) is 0. The lowest BCUT2D eigenvalue weighted by atomic mass is 9.57. The fourth-order valence-electron chi connectivity index (χ4n) is 7.04. The van der Waals surface area contributed by atoms with E-state index in [0.29, 0.717) is 0 Å². The van der Waals surface area contributed by atoms with Gasteiger partial charge in [0.05, 0.1) is 0 Å². The summed E-state index contributed by atoms with van der Waals surface area (Å²) in [6.07, 6.45) is 11.7. The maximum absolute atomic E-state index is 2.63. The van der Waals surface area contributed by atoms with Crippen LogP contribution in [0.25, 0.3) is 0 Å². The second kappa shape index (κ2) is 9.09. The third-order valence-corrected chi connectivity index (χ3v) is 8.85. The van der Waals surface area contributed by atoms with Crippen LogP contribution in [0, 0.1) is 53.3 Å². The average molecular weight is 335 g/mol. The Morgan fingerprint density at radius 1 is 0.917 bits per heavy atom. The summed E-state index contributed by atoms with van der Waals surface area (Å²) in [6, 6.07) is 0. The van der Waals surface area contributed by atoms with Crippen molar-refractivity contribution in [3.63, 3.8) is 0 Å². The smallest absolute Gasteiger partial charge is 0.0354 e. The molecule has 24 heavy (non-hydrogen) atoms. The van der Waals surface area contributed by atoms with E-state index < -0.39 is 0 Å². The van der Waals surface area contributed by atoms with Gasteiger partial charge in [0.25, 0.3) is 0 Å². The monoisotopic (exact) mass is 334 g/mol. The summed E-state index contributed by atoms with van der Waals surface area (Å²) in [7, 11) is 0. The lowest BCUT2D eigenvalue weighted by Crippen LogP contribution is -2.42. The molecule has 0 heterocycles. The number of hydrogen-bond donors (Lipinski definition) is 0.